The molecule has 0 aromatic carbocycles. The van der Waals surface area contributed by atoms with Crippen molar-refractivity contribution in [3.63, 3.8) is 0 Å². The van der Waals surface area contributed by atoms with Gasteiger partial charge in [0.15, 0.2) is 5.79 Å². The summed E-state index contributed by atoms with van der Waals surface area (Å²) in [5.41, 5.74) is 4.43. The number of allylic oxidation sites excluding steroid dienone is 4. The smallest absolute Gasteiger partial charge is 0.172 e. The van der Waals surface area contributed by atoms with E-state index in [9.17, 15) is 4.79 Å². The molecule has 3 atom stereocenters. The first-order valence-corrected chi connectivity index (χ1v) is 9.54. The molecule has 0 amide bonds. The van der Waals surface area contributed by atoms with Crippen molar-refractivity contribution in [2.45, 2.75) is 57.2 Å². The first-order valence-electron chi connectivity index (χ1n) is 9.54. The van der Waals surface area contributed by atoms with E-state index in [2.05, 4.69) is 12.7 Å². The number of hydrogen-bond acceptors (Lipinski definition) is 3. The number of ketones is 1. The second kappa shape index (κ2) is 5.15. The van der Waals surface area contributed by atoms with Gasteiger partial charge in [0.2, 0.25) is 0 Å². The first kappa shape index (κ1) is 15.1. The standard InChI is InChI=1S/C21H26O3/c1-2-20-9-7-16-15-8-10-21(23-11-12-24-21)13-14(15)3-4-17(16)18(20)5-6-19(20)22/h2,7,17-18H,1,3-6,8-13H2/t17-,18+,20+/m1/s1. The van der Waals surface area contributed by atoms with Gasteiger partial charge >= 0.3 is 0 Å². The minimum Gasteiger partial charge on any atom is -0.347 e. The summed E-state index contributed by atoms with van der Waals surface area (Å²) in [5, 5.41) is 0. The number of ether oxygens (including phenoxy) is 2. The van der Waals surface area contributed by atoms with Crippen molar-refractivity contribution in [1.29, 1.82) is 0 Å². The van der Waals surface area contributed by atoms with Gasteiger partial charge in [0, 0.05) is 19.3 Å². The second-order valence-electron chi connectivity index (χ2n) is 8.19. The Balaban J connectivity index is 1.50. The van der Waals surface area contributed by atoms with Crippen molar-refractivity contribution in [2.75, 3.05) is 13.2 Å². The van der Waals surface area contributed by atoms with E-state index in [-0.39, 0.29) is 11.2 Å². The molecular formula is C21H26O3. The fourth-order valence-corrected chi connectivity index (χ4v) is 6.18. The van der Waals surface area contributed by atoms with E-state index in [0.29, 0.717) is 17.6 Å². The maximum atomic E-state index is 12.5. The van der Waals surface area contributed by atoms with Gasteiger partial charge in [-0.15, -0.1) is 6.58 Å². The number of fused-ring (bicyclic) bond motifs is 4. The molecule has 1 heterocycles. The predicted molar refractivity (Wildman–Crippen MR) is 91.3 cm³/mol. The minimum absolute atomic E-state index is 0.264. The number of carbonyl (C=O) groups is 1. The number of Topliss-reactive ketones (excluding diaryl/α,β-unsaturated/α-hetero) is 1. The number of rotatable bonds is 1. The Morgan fingerprint density at radius 1 is 1.17 bits per heavy atom. The van der Waals surface area contributed by atoms with Crippen molar-refractivity contribution in [3.8, 4) is 0 Å². The van der Waals surface area contributed by atoms with Crippen LogP contribution in [-0.4, -0.2) is 24.8 Å². The normalized spacial score (nSPS) is 40.2. The lowest BCUT2D eigenvalue weighted by molar-refractivity contribution is -0.164. The van der Waals surface area contributed by atoms with Gasteiger partial charge < -0.3 is 9.47 Å². The van der Waals surface area contributed by atoms with Gasteiger partial charge in [-0.3, -0.25) is 4.79 Å². The van der Waals surface area contributed by atoms with Gasteiger partial charge in [-0.1, -0.05) is 17.7 Å². The molecule has 4 aliphatic carbocycles. The molecule has 1 saturated heterocycles. The summed E-state index contributed by atoms with van der Waals surface area (Å²) in [6.45, 7) is 5.51. The molecule has 0 aromatic heterocycles. The van der Waals surface area contributed by atoms with Crippen LogP contribution in [0.25, 0.3) is 0 Å². The maximum Gasteiger partial charge on any atom is 0.172 e. The molecule has 0 N–H and O–H groups in total. The summed E-state index contributed by atoms with van der Waals surface area (Å²) in [5.74, 6) is 1.13. The third-order valence-electron chi connectivity index (χ3n) is 7.36. The number of carbonyl (C=O) groups excluding carboxylic acids is 1. The average Bonchev–Trinajstić information content (AvgIpc) is 3.19. The van der Waals surface area contributed by atoms with E-state index >= 15 is 0 Å². The quantitative estimate of drug-likeness (QED) is 0.681. The Morgan fingerprint density at radius 2 is 2.00 bits per heavy atom. The molecule has 1 aliphatic heterocycles. The molecule has 3 heteroatoms. The SMILES string of the molecule is C=C[C@]12CC=C3C4=C(CC[C@H]3[C@@H]1CCC2=O)CC1(CC4)OCCO1. The van der Waals surface area contributed by atoms with Gasteiger partial charge in [-0.2, -0.15) is 0 Å². The van der Waals surface area contributed by atoms with Crippen LogP contribution in [0.4, 0.5) is 0 Å². The fraction of sp³-hybridized carbons (Fsp3) is 0.667. The largest absolute Gasteiger partial charge is 0.347 e. The van der Waals surface area contributed by atoms with E-state index in [1.807, 2.05) is 6.08 Å². The van der Waals surface area contributed by atoms with Gasteiger partial charge in [-0.05, 0) is 55.1 Å². The second-order valence-corrected chi connectivity index (χ2v) is 8.19. The van der Waals surface area contributed by atoms with Crippen LogP contribution in [0.3, 0.4) is 0 Å². The molecular weight excluding hydrogens is 300 g/mol. The van der Waals surface area contributed by atoms with Crippen LogP contribution in [0.5, 0.6) is 0 Å². The van der Waals surface area contributed by atoms with Crippen molar-refractivity contribution >= 4 is 5.78 Å². The third kappa shape index (κ3) is 1.89. The highest BCUT2D eigenvalue weighted by Gasteiger charge is 2.54. The van der Waals surface area contributed by atoms with Crippen LogP contribution in [0.2, 0.25) is 0 Å². The van der Waals surface area contributed by atoms with Crippen LogP contribution in [-0.2, 0) is 14.3 Å². The van der Waals surface area contributed by atoms with Crippen LogP contribution < -0.4 is 0 Å². The zero-order valence-electron chi connectivity index (χ0n) is 14.3. The summed E-state index contributed by atoms with van der Waals surface area (Å²) in [4.78, 5) is 12.5. The Morgan fingerprint density at radius 3 is 2.79 bits per heavy atom. The van der Waals surface area contributed by atoms with Gasteiger partial charge in [-0.25, -0.2) is 0 Å². The Labute approximate surface area is 143 Å². The summed E-state index contributed by atoms with van der Waals surface area (Å²) in [6.07, 6.45) is 12.3. The summed E-state index contributed by atoms with van der Waals surface area (Å²) < 4.78 is 11.9. The molecule has 5 rings (SSSR count). The van der Waals surface area contributed by atoms with E-state index in [1.54, 1.807) is 16.7 Å². The number of hydrogen-bond donors (Lipinski definition) is 0. The van der Waals surface area contributed by atoms with E-state index in [1.165, 1.54) is 6.42 Å². The lowest BCUT2D eigenvalue weighted by atomic mass is 9.58. The van der Waals surface area contributed by atoms with Crippen molar-refractivity contribution in [1.82, 2.24) is 0 Å². The van der Waals surface area contributed by atoms with E-state index < -0.39 is 0 Å². The Hall–Kier alpha value is -1.19. The predicted octanol–water partition coefficient (Wildman–Crippen LogP) is 4.10. The molecule has 1 spiro atoms. The highest BCUT2D eigenvalue weighted by molar-refractivity contribution is 5.90. The van der Waals surface area contributed by atoms with Crippen molar-refractivity contribution in [2.24, 2.45) is 17.3 Å². The lowest BCUT2D eigenvalue weighted by Gasteiger charge is -2.47. The Kier molecular flexibility index (Phi) is 3.24. The molecule has 5 aliphatic rings. The minimum atomic E-state index is -0.324. The Bertz CT molecular complexity index is 665. The highest BCUT2D eigenvalue weighted by atomic mass is 16.7. The zero-order chi connectivity index (χ0) is 16.4. The van der Waals surface area contributed by atoms with E-state index in [4.69, 9.17) is 9.47 Å². The summed E-state index contributed by atoms with van der Waals surface area (Å²) in [7, 11) is 0. The lowest BCUT2D eigenvalue weighted by Crippen LogP contribution is -2.41. The molecule has 0 bridgehead atoms. The highest BCUT2D eigenvalue weighted by Crippen LogP contribution is 2.59. The monoisotopic (exact) mass is 326 g/mol. The first-order chi connectivity index (χ1) is 11.7. The van der Waals surface area contributed by atoms with Crippen LogP contribution >= 0.6 is 0 Å². The molecule has 0 aromatic rings. The molecule has 128 valence electrons. The van der Waals surface area contributed by atoms with Gasteiger partial charge in [0.25, 0.3) is 0 Å². The van der Waals surface area contributed by atoms with Crippen LogP contribution in [0, 0.1) is 17.3 Å². The molecule has 3 nitrogen and oxygen atoms in total. The summed E-state index contributed by atoms with van der Waals surface area (Å²) in [6, 6.07) is 0. The van der Waals surface area contributed by atoms with Gasteiger partial charge in [0.05, 0.1) is 18.6 Å². The molecule has 24 heavy (non-hydrogen) atoms. The summed E-state index contributed by atoms with van der Waals surface area (Å²) >= 11 is 0. The topological polar surface area (TPSA) is 35.5 Å². The molecule has 2 fully saturated rings. The maximum absolute atomic E-state index is 12.5. The third-order valence-corrected chi connectivity index (χ3v) is 7.36. The fourth-order valence-electron chi connectivity index (χ4n) is 6.18. The zero-order valence-corrected chi connectivity index (χ0v) is 14.3. The molecule has 0 unspecified atom stereocenters. The van der Waals surface area contributed by atoms with Crippen molar-refractivity contribution in [3.05, 3.63) is 35.5 Å². The van der Waals surface area contributed by atoms with Gasteiger partial charge in [0.1, 0.15) is 5.78 Å². The van der Waals surface area contributed by atoms with Crippen LogP contribution in [0.15, 0.2) is 35.5 Å². The average molecular weight is 326 g/mol. The molecule has 0 radical (unpaired) electrons. The molecule has 1 saturated carbocycles. The van der Waals surface area contributed by atoms with Crippen LogP contribution in [0.1, 0.15) is 51.4 Å². The van der Waals surface area contributed by atoms with Crippen molar-refractivity contribution < 1.29 is 14.3 Å². The van der Waals surface area contributed by atoms with E-state index in [0.717, 1.165) is 58.2 Å².